The van der Waals surface area contributed by atoms with Crippen molar-refractivity contribution in [2.45, 2.75) is 44.6 Å². The number of fused-ring (bicyclic) bond motifs is 2. The molecule has 1 aromatic heterocycles. The van der Waals surface area contributed by atoms with Gasteiger partial charge in [-0.3, -0.25) is 9.59 Å². The molecule has 1 saturated heterocycles. The molecule has 3 aromatic rings. The average molecular weight is 501 g/mol. The van der Waals surface area contributed by atoms with Crippen molar-refractivity contribution >= 4 is 39.8 Å². The minimum absolute atomic E-state index is 0.00170. The summed E-state index contributed by atoms with van der Waals surface area (Å²) in [7, 11) is 3.91. The largest absolute Gasteiger partial charge is 0.422 e. The Balaban J connectivity index is 1.28. The van der Waals surface area contributed by atoms with E-state index in [1.807, 2.05) is 43.3 Å². The number of nitrogens with one attached hydrogen (secondary N) is 1. The number of carbonyl (C=O) groups is 2. The van der Waals surface area contributed by atoms with Gasteiger partial charge in [0.05, 0.1) is 0 Å². The topological polar surface area (TPSA) is 86.1 Å². The Hall–Kier alpha value is -3.81. The molecule has 0 radical (unpaired) electrons. The van der Waals surface area contributed by atoms with Crippen LogP contribution >= 0.6 is 0 Å². The molecule has 6 rings (SSSR count). The zero-order valence-corrected chi connectivity index (χ0v) is 21.4. The lowest BCUT2D eigenvalue weighted by Crippen LogP contribution is -2.44. The molecule has 0 bridgehead atoms. The molecule has 0 spiro atoms. The maximum atomic E-state index is 13.6. The maximum absolute atomic E-state index is 13.6. The van der Waals surface area contributed by atoms with E-state index in [-0.39, 0.29) is 11.5 Å². The van der Waals surface area contributed by atoms with Gasteiger partial charge in [-0.2, -0.15) is 0 Å². The number of hydrogen-bond acceptors (Lipinski definition) is 6. The lowest BCUT2D eigenvalue weighted by atomic mass is 9.90. The van der Waals surface area contributed by atoms with Crippen LogP contribution in [-0.2, 0) is 17.6 Å². The molecule has 0 aliphatic carbocycles. The Bertz CT molecular complexity index is 1440. The Morgan fingerprint density at radius 2 is 1.76 bits per heavy atom. The molecular formula is C29H32N4O4. The smallest absolute Gasteiger partial charge is 0.349 e. The first-order chi connectivity index (χ1) is 17.9. The summed E-state index contributed by atoms with van der Waals surface area (Å²) >= 11 is 0. The number of likely N-dealkylation sites (tertiary alicyclic amines) is 1. The highest BCUT2D eigenvalue weighted by Crippen LogP contribution is 2.39. The summed E-state index contributed by atoms with van der Waals surface area (Å²) in [6, 6.07) is 10.7. The van der Waals surface area contributed by atoms with E-state index in [0.717, 1.165) is 55.4 Å². The van der Waals surface area contributed by atoms with Crippen LogP contribution in [0.4, 0.5) is 17.1 Å². The maximum Gasteiger partial charge on any atom is 0.349 e. The van der Waals surface area contributed by atoms with Crippen LogP contribution < -0.4 is 20.7 Å². The third-order valence-electron chi connectivity index (χ3n) is 7.91. The molecule has 1 unspecified atom stereocenters. The molecule has 3 aliphatic rings. The van der Waals surface area contributed by atoms with Crippen LogP contribution in [0.2, 0.25) is 0 Å². The minimum atomic E-state index is -0.632. The number of aryl methyl sites for hydroxylation is 2. The van der Waals surface area contributed by atoms with Gasteiger partial charge in [-0.1, -0.05) is 0 Å². The second kappa shape index (κ2) is 9.25. The van der Waals surface area contributed by atoms with Gasteiger partial charge in [0.2, 0.25) is 5.91 Å². The number of carbonyl (C=O) groups excluding carboxylic acids is 2. The first kappa shape index (κ1) is 23.6. The van der Waals surface area contributed by atoms with Gasteiger partial charge in [-0.25, -0.2) is 4.79 Å². The molecular weight excluding hydrogens is 468 g/mol. The molecule has 3 aliphatic heterocycles. The summed E-state index contributed by atoms with van der Waals surface area (Å²) < 4.78 is 5.83. The monoisotopic (exact) mass is 500 g/mol. The van der Waals surface area contributed by atoms with Crippen molar-refractivity contribution in [3.8, 4) is 0 Å². The quantitative estimate of drug-likeness (QED) is 0.549. The third-order valence-corrected chi connectivity index (χ3v) is 7.91. The van der Waals surface area contributed by atoms with E-state index in [9.17, 15) is 14.4 Å². The Morgan fingerprint density at radius 1 is 1.00 bits per heavy atom. The summed E-state index contributed by atoms with van der Waals surface area (Å²) in [5.41, 5.74) is 5.25. The average Bonchev–Trinajstić information content (AvgIpc) is 3.39. The molecule has 2 aromatic carbocycles. The SMILES string of the molecule is CN(C)c1ccc(NC(=O)C2CCCN2C(=O)c2cc3cc4c5c(c3oc2=O)CCCN5CCC4)cc1. The molecule has 0 saturated carbocycles. The highest BCUT2D eigenvalue weighted by Gasteiger charge is 2.36. The first-order valence-electron chi connectivity index (χ1n) is 13.2. The Morgan fingerprint density at radius 3 is 2.51 bits per heavy atom. The number of rotatable bonds is 4. The predicted molar refractivity (Wildman–Crippen MR) is 145 cm³/mol. The van der Waals surface area contributed by atoms with Crippen molar-refractivity contribution in [3.63, 3.8) is 0 Å². The minimum Gasteiger partial charge on any atom is -0.422 e. The summed E-state index contributed by atoms with van der Waals surface area (Å²) in [6.45, 7) is 2.49. The van der Waals surface area contributed by atoms with Crippen molar-refractivity contribution in [3.05, 3.63) is 63.5 Å². The second-order valence-electron chi connectivity index (χ2n) is 10.5. The molecule has 8 heteroatoms. The molecule has 1 N–H and O–H groups in total. The fourth-order valence-electron chi connectivity index (χ4n) is 6.10. The van der Waals surface area contributed by atoms with Crippen LogP contribution in [0.25, 0.3) is 11.0 Å². The summed E-state index contributed by atoms with van der Waals surface area (Å²) in [6.07, 6.45) is 5.24. The van der Waals surface area contributed by atoms with Crippen LogP contribution in [-0.4, -0.2) is 56.5 Å². The number of benzene rings is 2. The van der Waals surface area contributed by atoms with Crippen LogP contribution in [0.3, 0.4) is 0 Å². The van der Waals surface area contributed by atoms with Gasteiger partial charge in [-0.15, -0.1) is 0 Å². The molecule has 37 heavy (non-hydrogen) atoms. The van der Waals surface area contributed by atoms with Crippen molar-refractivity contribution in [2.75, 3.05) is 48.8 Å². The highest BCUT2D eigenvalue weighted by molar-refractivity contribution is 6.03. The van der Waals surface area contributed by atoms with E-state index < -0.39 is 17.6 Å². The van der Waals surface area contributed by atoms with Gasteiger partial charge in [-0.05, 0) is 80.5 Å². The number of nitrogens with zero attached hydrogens (tertiary/aromatic N) is 3. The van der Waals surface area contributed by atoms with Crippen LogP contribution in [0, 0.1) is 0 Å². The van der Waals surface area contributed by atoms with Crippen molar-refractivity contribution in [1.82, 2.24) is 4.90 Å². The van der Waals surface area contributed by atoms with Crippen molar-refractivity contribution < 1.29 is 14.0 Å². The van der Waals surface area contributed by atoms with Gasteiger partial charge in [0.15, 0.2) is 0 Å². The van der Waals surface area contributed by atoms with E-state index in [1.54, 1.807) is 6.07 Å². The van der Waals surface area contributed by atoms with E-state index in [0.29, 0.717) is 30.7 Å². The van der Waals surface area contributed by atoms with Crippen LogP contribution in [0.15, 0.2) is 45.6 Å². The van der Waals surface area contributed by atoms with E-state index in [2.05, 4.69) is 16.3 Å². The summed E-state index contributed by atoms with van der Waals surface area (Å²) in [5.74, 6) is -0.684. The molecule has 4 heterocycles. The van der Waals surface area contributed by atoms with Crippen LogP contribution in [0.5, 0.6) is 0 Å². The fraction of sp³-hybridized carbons (Fsp3) is 0.414. The third kappa shape index (κ3) is 4.14. The molecule has 8 nitrogen and oxygen atoms in total. The molecule has 192 valence electrons. The van der Waals surface area contributed by atoms with Crippen molar-refractivity contribution in [2.24, 2.45) is 0 Å². The number of anilines is 3. The van der Waals surface area contributed by atoms with E-state index in [1.165, 1.54) is 16.2 Å². The summed E-state index contributed by atoms with van der Waals surface area (Å²) in [5, 5.41) is 3.73. The zero-order chi connectivity index (χ0) is 25.7. The number of amides is 2. The molecule has 2 amide bonds. The van der Waals surface area contributed by atoms with Crippen LogP contribution in [0.1, 0.15) is 47.2 Å². The van der Waals surface area contributed by atoms with Crippen molar-refractivity contribution in [1.29, 1.82) is 0 Å². The lowest BCUT2D eigenvalue weighted by molar-refractivity contribution is -0.119. The predicted octanol–water partition coefficient (Wildman–Crippen LogP) is 3.80. The van der Waals surface area contributed by atoms with Gasteiger partial charge < -0.3 is 24.4 Å². The van der Waals surface area contributed by atoms with E-state index in [4.69, 9.17) is 4.42 Å². The fourth-order valence-corrected chi connectivity index (χ4v) is 6.10. The van der Waals surface area contributed by atoms with Gasteiger partial charge >= 0.3 is 5.63 Å². The molecule has 1 fully saturated rings. The molecule has 1 atom stereocenters. The van der Waals surface area contributed by atoms with Gasteiger partial charge in [0.1, 0.15) is 17.2 Å². The van der Waals surface area contributed by atoms with Gasteiger partial charge in [0.25, 0.3) is 5.91 Å². The standard InChI is InChI=1S/C29H32N4O4/c1-31(2)21-11-9-20(10-12-21)30-27(34)24-8-5-15-33(24)28(35)23-17-19-16-18-6-3-13-32-14-4-7-22(25(18)32)26(19)37-29(23)36/h9-12,16-17,24H,3-8,13-15H2,1-2H3,(H,30,34). The second-order valence-corrected chi connectivity index (χ2v) is 10.5. The normalized spacial score (nSPS) is 18.6. The lowest BCUT2D eigenvalue weighted by Gasteiger charge is -2.37. The first-order valence-corrected chi connectivity index (χ1v) is 13.2. The highest BCUT2D eigenvalue weighted by atomic mass is 16.4. The zero-order valence-electron chi connectivity index (χ0n) is 21.4. The van der Waals surface area contributed by atoms with Gasteiger partial charge in [0, 0.05) is 61.7 Å². The summed E-state index contributed by atoms with van der Waals surface area (Å²) in [4.78, 5) is 45.7. The van der Waals surface area contributed by atoms with E-state index >= 15 is 0 Å². The Kier molecular flexibility index (Phi) is 5.89. The number of hydrogen-bond donors (Lipinski definition) is 1. The Labute approximate surface area is 215 Å².